The van der Waals surface area contributed by atoms with E-state index < -0.39 is 0 Å². The molecule has 0 aliphatic carbocycles. The molecular formula is C23H26N2OS. The molecule has 0 aliphatic heterocycles. The van der Waals surface area contributed by atoms with Crippen molar-refractivity contribution in [1.82, 2.24) is 5.32 Å². The Balaban J connectivity index is 1.78. The Bertz CT molecular complexity index is 880. The van der Waals surface area contributed by atoms with E-state index in [4.69, 9.17) is 0 Å². The summed E-state index contributed by atoms with van der Waals surface area (Å²) >= 11 is 1.70. The predicted octanol–water partition coefficient (Wildman–Crippen LogP) is 5.38. The van der Waals surface area contributed by atoms with Crippen molar-refractivity contribution in [2.75, 3.05) is 5.32 Å². The van der Waals surface area contributed by atoms with E-state index in [1.54, 1.807) is 11.3 Å². The lowest BCUT2D eigenvalue weighted by atomic mass is 10.0. The first-order valence-electron chi connectivity index (χ1n) is 9.19. The molecule has 0 saturated heterocycles. The van der Waals surface area contributed by atoms with Gasteiger partial charge in [-0.1, -0.05) is 54.1 Å². The fourth-order valence-corrected chi connectivity index (χ4v) is 4.19. The summed E-state index contributed by atoms with van der Waals surface area (Å²) in [6, 6.07) is 18.3. The molecule has 4 heteroatoms. The van der Waals surface area contributed by atoms with E-state index in [2.05, 4.69) is 53.3 Å². The number of benzene rings is 2. The molecule has 1 heterocycles. The number of thiophene rings is 1. The third kappa shape index (κ3) is 4.65. The first-order valence-corrected chi connectivity index (χ1v) is 10.1. The predicted molar refractivity (Wildman–Crippen MR) is 114 cm³/mol. The minimum atomic E-state index is -0.336. The van der Waals surface area contributed by atoms with Crippen molar-refractivity contribution >= 4 is 22.9 Å². The number of carbonyl (C=O) groups excluding carboxylic acids is 1. The molecule has 0 fully saturated rings. The molecule has 3 aromatic rings. The van der Waals surface area contributed by atoms with E-state index in [9.17, 15) is 4.79 Å². The van der Waals surface area contributed by atoms with Crippen LogP contribution in [0.1, 0.15) is 40.1 Å². The third-order valence-electron chi connectivity index (χ3n) is 4.70. The van der Waals surface area contributed by atoms with Crippen LogP contribution in [0.15, 0.2) is 60.0 Å². The Morgan fingerprint density at radius 1 is 0.963 bits per heavy atom. The van der Waals surface area contributed by atoms with Gasteiger partial charge in [0.25, 0.3) is 0 Å². The largest absolute Gasteiger partial charge is 0.324 e. The number of anilines is 1. The van der Waals surface area contributed by atoms with Crippen LogP contribution in [0.3, 0.4) is 0 Å². The van der Waals surface area contributed by atoms with Crippen LogP contribution >= 0.6 is 11.3 Å². The lowest BCUT2D eigenvalue weighted by Crippen LogP contribution is -2.40. The van der Waals surface area contributed by atoms with Crippen LogP contribution in [0, 0.1) is 20.8 Å². The van der Waals surface area contributed by atoms with Gasteiger partial charge in [0.1, 0.15) is 0 Å². The number of hydrogen-bond acceptors (Lipinski definition) is 3. The molecule has 0 bridgehead atoms. The second-order valence-electron chi connectivity index (χ2n) is 7.01. The zero-order valence-electron chi connectivity index (χ0n) is 16.2. The highest BCUT2D eigenvalue weighted by Crippen LogP contribution is 2.27. The molecule has 2 N–H and O–H groups in total. The van der Waals surface area contributed by atoms with Crippen LogP contribution < -0.4 is 10.6 Å². The lowest BCUT2D eigenvalue weighted by molar-refractivity contribution is -0.117. The molecular weight excluding hydrogens is 352 g/mol. The van der Waals surface area contributed by atoms with Crippen LogP contribution in [0.2, 0.25) is 0 Å². The van der Waals surface area contributed by atoms with Gasteiger partial charge >= 0.3 is 0 Å². The van der Waals surface area contributed by atoms with Gasteiger partial charge in [0.15, 0.2) is 0 Å². The van der Waals surface area contributed by atoms with Crippen molar-refractivity contribution in [2.24, 2.45) is 0 Å². The molecule has 0 saturated carbocycles. The number of nitrogens with one attached hydrogen (secondary N) is 2. The Kier molecular flexibility index (Phi) is 6.09. The van der Waals surface area contributed by atoms with Crippen molar-refractivity contribution in [3.63, 3.8) is 0 Å². The maximum Gasteiger partial charge on any atom is 0.241 e. The first-order chi connectivity index (χ1) is 13.0. The SMILES string of the molecule is Cc1cc(C)c(NC(=O)[C@H](C)N[C@H](c2ccccc2)c2cccs2)c(C)c1. The van der Waals surface area contributed by atoms with Gasteiger partial charge in [-0.25, -0.2) is 0 Å². The van der Waals surface area contributed by atoms with Gasteiger partial charge in [-0.15, -0.1) is 11.3 Å². The van der Waals surface area contributed by atoms with Gasteiger partial charge < -0.3 is 5.32 Å². The molecule has 3 rings (SSSR count). The fourth-order valence-electron chi connectivity index (χ4n) is 3.38. The average molecular weight is 379 g/mol. The number of aryl methyl sites for hydroxylation is 3. The quantitative estimate of drug-likeness (QED) is 0.605. The summed E-state index contributed by atoms with van der Waals surface area (Å²) in [6.45, 7) is 8.05. The van der Waals surface area contributed by atoms with Gasteiger partial charge in [-0.05, 0) is 55.8 Å². The van der Waals surface area contributed by atoms with Crippen LogP contribution in [-0.2, 0) is 4.79 Å². The van der Waals surface area contributed by atoms with Crippen LogP contribution in [-0.4, -0.2) is 11.9 Å². The Morgan fingerprint density at radius 3 is 2.22 bits per heavy atom. The van der Waals surface area contributed by atoms with E-state index >= 15 is 0 Å². The van der Waals surface area contributed by atoms with Crippen molar-refractivity contribution < 1.29 is 4.79 Å². The van der Waals surface area contributed by atoms with Crippen molar-refractivity contribution in [3.8, 4) is 0 Å². The van der Waals surface area contributed by atoms with Crippen molar-refractivity contribution in [1.29, 1.82) is 0 Å². The maximum atomic E-state index is 12.9. The Hall–Kier alpha value is -2.43. The van der Waals surface area contributed by atoms with Crippen molar-refractivity contribution in [2.45, 2.75) is 39.8 Å². The molecule has 2 atom stereocenters. The Labute approximate surface area is 165 Å². The summed E-state index contributed by atoms with van der Waals surface area (Å²) < 4.78 is 0. The second kappa shape index (κ2) is 8.51. The highest BCUT2D eigenvalue weighted by molar-refractivity contribution is 7.10. The smallest absolute Gasteiger partial charge is 0.241 e. The number of rotatable bonds is 6. The number of amides is 1. The molecule has 0 radical (unpaired) electrons. The van der Waals surface area contributed by atoms with Gasteiger partial charge in [0.2, 0.25) is 5.91 Å². The molecule has 0 aliphatic rings. The first kappa shape index (κ1) is 19.3. The summed E-state index contributed by atoms with van der Waals surface area (Å²) in [7, 11) is 0. The van der Waals surface area contributed by atoms with E-state index in [0.717, 1.165) is 22.4 Å². The van der Waals surface area contributed by atoms with Crippen LogP contribution in [0.5, 0.6) is 0 Å². The topological polar surface area (TPSA) is 41.1 Å². The second-order valence-corrected chi connectivity index (χ2v) is 7.99. The minimum Gasteiger partial charge on any atom is -0.324 e. The van der Waals surface area contributed by atoms with Gasteiger partial charge in [0.05, 0.1) is 12.1 Å². The van der Waals surface area contributed by atoms with Gasteiger partial charge in [-0.3, -0.25) is 10.1 Å². The highest BCUT2D eigenvalue weighted by Gasteiger charge is 2.22. The third-order valence-corrected chi connectivity index (χ3v) is 5.63. The standard InChI is InChI=1S/C23H26N2OS/c1-15-13-16(2)21(17(3)14-15)25-23(26)18(4)24-22(20-11-8-12-27-20)19-9-6-5-7-10-19/h5-14,18,22,24H,1-4H3,(H,25,26)/t18-,22+/m0/s1. The minimum absolute atomic E-state index is 0.00726. The lowest BCUT2D eigenvalue weighted by Gasteiger charge is -2.23. The van der Waals surface area contributed by atoms with Gasteiger partial charge in [-0.2, -0.15) is 0 Å². The average Bonchev–Trinajstić information content (AvgIpc) is 3.17. The normalized spacial score (nSPS) is 13.2. The fraction of sp³-hybridized carbons (Fsp3) is 0.261. The number of carbonyl (C=O) groups is 1. The summed E-state index contributed by atoms with van der Waals surface area (Å²) in [5, 5.41) is 8.68. The van der Waals surface area contributed by atoms with Crippen molar-refractivity contribution in [3.05, 3.63) is 87.1 Å². The van der Waals surface area contributed by atoms with E-state index in [0.29, 0.717) is 0 Å². The zero-order valence-corrected chi connectivity index (χ0v) is 17.1. The van der Waals surface area contributed by atoms with Crippen LogP contribution in [0.4, 0.5) is 5.69 Å². The molecule has 0 unspecified atom stereocenters. The zero-order chi connectivity index (χ0) is 19.4. The van der Waals surface area contributed by atoms with E-state index in [-0.39, 0.29) is 18.0 Å². The maximum absolute atomic E-state index is 12.9. The molecule has 1 aromatic heterocycles. The highest BCUT2D eigenvalue weighted by atomic mass is 32.1. The summed E-state index contributed by atoms with van der Waals surface area (Å²) in [6.07, 6.45) is 0. The molecule has 1 amide bonds. The molecule has 3 nitrogen and oxygen atoms in total. The molecule has 2 aromatic carbocycles. The van der Waals surface area contributed by atoms with E-state index in [1.165, 1.54) is 10.4 Å². The number of hydrogen-bond donors (Lipinski definition) is 2. The summed E-state index contributed by atoms with van der Waals surface area (Å²) in [5.74, 6) is -0.0254. The van der Waals surface area contributed by atoms with Crippen LogP contribution in [0.25, 0.3) is 0 Å². The summed E-state index contributed by atoms with van der Waals surface area (Å²) in [4.78, 5) is 14.1. The molecule has 0 spiro atoms. The molecule has 140 valence electrons. The Morgan fingerprint density at radius 2 is 1.63 bits per heavy atom. The van der Waals surface area contributed by atoms with Gasteiger partial charge in [0, 0.05) is 10.6 Å². The molecule has 27 heavy (non-hydrogen) atoms. The summed E-state index contributed by atoms with van der Waals surface area (Å²) in [5.41, 5.74) is 5.45. The monoisotopic (exact) mass is 378 g/mol. The van der Waals surface area contributed by atoms with E-state index in [1.807, 2.05) is 45.0 Å².